The molecule has 1 aromatic carbocycles. The Bertz CT molecular complexity index is 363. The van der Waals surface area contributed by atoms with E-state index < -0.39 is 0 Å². The maximum Gasteiger partial charge on any atom is 0.137 e. The van der Waals surface area contributed by atoms with Crippen molar-refractivity contribution < 1.29 is 4.74 Å². The number of halogens is 1. The third kappa shape index (κ3) is 2.89. The molecule has 0 saturated heterocycles. The number of hydrogen-bond donors (Lipinski definition) is 1. The summed E-state index contributed by atoms with van der Waals surface area (Å²) in [6.07, 6.45) is 2.60. The zero-order valence-corrected chi connectivity index (χ0v) is 10.6. The van der Waals surface area contributed by atoms with Crippen LogP contribution in [0.15, 0.2) is 18.2 Å². The summed E-state index contributed by atoms with van der Waals surface area (Å²) in [5.74, 6) is 1.56. The highest BCUT2D eigenvalue weighted by molar-refractivity contribution is 6.32. The molecule has 1 atom stereocenters. The number of nitrogens with one attached hydrogen (secondary N) is 1. The van der Waals surface area contributed by atoms with Crippen molar-refractivity contribution in [2.75, 3.05) is 13.7 Å². The van der Waals surface area contributed by atoms with Crippen LogP contribution in [0.4, 0.5) is 0 Å². The highest BCUT2D eigenvalue weighted by Crippen LogP contribution is 2.32. The average molecular weight is 240 g/mol. The Kier molecular flexibility index (Phi) is 3.72. The van der Waals surface area contributed by atoms with Crippen LogP contribution in [-0.2, 0) is 0 Å². The van der Waals surface area contributed by atoms with Gasteiger partial charge in [0, 0.05) is 6.04 Å². The van der Waals surface area contributed by atoms with Crippen LogP contribution >= 0.6 is 11.6 Å². The average Bonchev–Trinajstić information content (AvgIpc) is 3.10. The van der Waals surface area contributed by atoms with Gasteiger partial charge in [0.15, 0.2) is 0 Å². The number of ether oxygens (including phenoxy) is 1. The first-order chi connectivity index (χ1) is 7.70. The van der Waals surface area contributed by atoms with Crippen molar-refractivity contribution >= 4 is 11.6 Å². The van der Waals surface area contributed by atoms with Gasteiger partial charge in [-0.05, 0) is 50.4 Å². The topological polar surface area (TPSA) is 21.3 Å². The van der Waals surface area contributed by atoms with Crippen molar-refractivity contribution in [3.8, 4) is 5.75 Å². The second kappa shape index (κ2) is 5.07. The molecule has 0 bridgehead atoms. The monoisotopic (exact) mass is 239 g/mol. The molecule has 1 fully saturated rings. The molecule has 1 aliphatic carbocycles. The number of benzene rings is 1. The summed E-state index contributed by atoms with van der Waals surface area (Å²) in [4.78, 5) is 0. The summed E-state index contributed by atoms with van der Waals surface area (Å²) in [5, 5.41) is 3.90. The van der Waals surface area contributed by atoms with Crippen molar-refractivity contribution in [1.82, 2.24) is 5.32 Å². The molecule has 16 heavy (non-hydrogen) atoms. The summed E-state index contributed by atoms with van der Waals surface area (Å²) in [6, 6.07) is 6.32. The fourth-order valence-corrected chi connectivity index (χ4v) is 1.81. The smallest absolute Gasteiger partial charge is 0.137 e. The lowest BCUT2D eigenvalue weighted by atomic mass is 10.1. The lowest BCUT2D eigenvalue weighted by molar-refractivity contribution is 0.300. The summed E-state index contributed by atoms with van der Waals surface area (Å²) >= 11 is 6.18. The van der Waals surface area contributed by atoms with E-state index in [-0.39, 0.29) is 0 Å². The van der Waals surface area contributed by atoms with Gasteiger partial charge in [-0.2, -0.15) is 0 Å². The lowest BCUT2D eigenvalue weighted by Gasteiger charge is -2.13. The van der Waals surface area contributed by atoms with Gasteiger partial charge in [0.2, 0.25) is 0 Å². The van der Waals surface area contributed by atoms with E-state index in [0.717, 1.165) is 18.3 Å². The quantitative estimate of drug-likeness (QED) is 0.850. The number of rotatable bonds is 5. The first-order valence-electron chi connectivity index (χ1n) is 5.80. The largest absolute Gasteiger partial charge is 0.492 e. The van der Waals surface area contributed by atoms with Crippen LogP contribution in [0, 0.1) is 5.92 Å². The van der Waals surface area contributed by atoms with Gasteiger partial charge in [-0.25, -0.2) is 0 Å². The van der Waals surface area contributed by atoms with Crippen LogP contribution in [0.2, 0.25) is 5.02 Å². The van der Waals surface area contributed by atoms with E-state index in [9.17, 15) is 0 Å². The van der Waals surface area contributed by atoms with Crippen molar-refractivity contribution in [3.05, 3.63) is 28.8 Å². The maximum atomic E-state index is 6.18. The van der Waals surface area contributed by atoms with E-state index in [4.69, 9.17) is 16.3 Å². The van der Waals surface area contributed by atoms with Crippen LogP contribution in [0.5, 0.6) is 5.75 Å². The van der Waals surface area contributed by atoms with E-state index in [1.807, 2.05) is 19.2 Å². The fourth-order valence-electron chi connectivity index (χ4n) is 1.56. The molecule has 2 rings (SSSR count). The molecular formula is C13H18ClNO. The minimum absolute atomic E-state index is 0.315. The van der Waals surface area contributed by atoms with Crippen LogP contribution in [0.25, 0.3) is 0 Å². The second-order valence-electron chi connectivity index (χ2n) is 4.45. The van der Waals surface area contributed by atoms with Crippen LogP contribution < -0.4 is 10.1 Å². The Morgan fingerprint density at radius 2 is 2.25 bits per heavy atom. The molecule has 1 aromatic rings. The predicted molar refractivity (Wildman–Crippen MR) is 67.1 cm³/mol. The summed E-state index contributed by atoms with van der Waals surface area (Å²) in [7, 11) is 1.94. The Balaban J connectivity index is 2.02. The molecule has 0 heterocycles. The second-order valence-corrected chi connectivity index (χ2v) is 4.86. The molecule has 0 spiro atoms. The minimum Gasteiger partial charge on any atom is -0.492 e. The van der Waals surface area contributed by atoms with Gasteiger partial charge in [-0.15, -0.1) is 0 Å². The van der Waals surface area contributed by atoms with Crippen LogP contribution in [-0.4, -0.2) is 13.7 Å². The first kappa shape index (κ1) is 11.7. The zero-order valence-electron chi connectivity index (χ0n) is 9.79. The Morgan fingerprint density at radius 1 is 1.50 bits per heavy atom. The molecule has 1 unspecified atom stereocenters. The maximum absolute atomic E-state index is 6.18. The fraction of sp³-hybridized carbons (Fsp3) is 0.538. The minimum atomic E-state index is 0.315. The van der Waals surface area contributed by atoms with Gasteiger partial charge in [-0.1, -0.05) is 17.7 Å². The SMILES string of the molecule is CNC(C)c1ccc(OCC2CC2)c(Cl)c1. The Labute approximate surface area is 102 Å². The standard InChI is InChI=1S/C13H18ClNO/c1-9(15-2)11-5-6-13(12(14)7-11)16-8-10-3-4-10/h5-7,9-10,15H,3-4,8H2,1-2H3. The Morgan fingerprint density at radius 3 is 2.81 bits per heavy atom. The summed E-state index contributed by atoms with van der Waals surface area (Å²) < 4.78 is 5.68. The molecular weight excluding hydrogens is 222 g/mol. The third-order valence-electron chi connectivity index (χ3n) is 3.06. The molecule has 1 saturated carbocycles. The van der Waals surface area contributed by atoms with Crippen molar-refractivity contribution in [2.24, 2.45) is 5.92 Å². The van der Waals surface area contributed by atoms with Crippen molar-refractivity contribution in [3.63, 3.8) is 0 Å². The molecule has 2 nitrogen and oxygen atoms in total. The normalized spacial score (nSPS) is 17.2. The molecule has 0 amide bonds. The lowest BCUT2D eigenvalue weighted by Crippen LogP contribution is -2.12. The third-order valence-corrected chi connectivity index (χ3v) is 3.36. The molecule has 3 heteroatoms. The van der Waals surface area contributed by atoms with Crippen molar-refractivity contribution in [1.29, 1.82) is 0 Å². The molecule has 0 aliphatic heterocycles. The summed E-state index contributed by atoms with van der Waals surface area (Å²) in [6.45, 7) is 2.91. The molecule has 88 valence electrons. The highest BCUT2D eigenvalue weighted by Gasteiger charge is 2.22. The van der Waals surface area contributed by atoms with Gasteiger partial charge in [0.05, 0.1) is 11.6 Å². The van der Waals surface area contributed by atoms with Crippen molar-refractivity contribution in [2.45, 2.75) is 25.8 Å². The molecule has 0 radical (unpaired) electrons. The van der Waals surface area contributed by atoms with E-state index in [0.29, 0.717) is 11.1 Å². The van der Waals surface area contributed by atoms with E-state index in [2.05, 4.69) is 18.3 Å². The van der Waals surface area contributed by atoms with E-state index in [1.165, 1.54) is 18.4 Å². The van der Waals surface area contributed by atoms with Gasteiger partial charge in [0.25, 0.3) is 0 Å². The first-order valence-corrected chi connectivity index (χ1v) is 6.18. The van der Waals surface area contributed by atoms with Gasteiger partial charge in [-0.3, -0.25) is 0 Å². The van der Waals surface area contributed by atoms with Gasteiger partial charge in [0.1, 0.15) is 5.75 Å². The van der Waals surface area contributed by atoms with Gasteiger partial charge >= 0.3 is 0 Å². The van der Waals surface area contributed by atoms with E-state index in [1.54, 1.807) is 0 Å². The number of hydrogen-bond acceptors (Lipinski definition) is 2. The molecule has 0 aromatic heterocycles. The molecule has 1 aliphatic rings. The zero-order chi connectivity index (χ0) is 11.5. The molecule has 1 N–H and O–H groups in total. The van der Waals surface area contributed by atoms with Crippen LogP contribution in [0.1, 0.15) is 31.4 Å². The highest BCUT2D eigenvalue weighted by atomic mass is 35.5. The predicted octanol–water partition coefficient (Wildman–Crippen LogP) is 3.41. The Hall–Kier alpha value is -0.730. The van der Waals surface area contributed by atoms with Crippen LogP contribution in [0.3, 0.4) is 0 Å². The summed E-state index contributed by atoms with van der Waals surface area (Å²) in [5.41, 5.74) is 1.19. The van der Waals surface area contributed by atoms with Gasteiger partial charge < -0.3 is 10.1 Å². The van der Waals surface area contributed by atoms with E-state index >= 15 is 0 Å².